The highest BCUT2D eigenvalue weighted by molar-refractivity contribution is 6.62. The Morgan fingerprint density at radius 1 is 0.955 bits per heavy atom. The van der Waals surface area contributed by atoms with E-state index in [4.69, 9.17) is 9.31 Å². The summed E-state index contributed by atoms with van der Waals surface area (Å²) in [5.41, 5.74) is 0.181. The molecule has 1 aliphatic heterocycles. The first kappa shape index (κ1) is 15.1. The van der Waals surface area contributed by atoms with Gasteiger partial charge in [0.05, 0.1) is 23.1 Å². The molecule has 22 heavy (non-hydrogen) atoms. The summed E-state index contributed by atoms with van der Waals surface area (Å²) >= 11 is 0. The van der Waals surface area contributed by atoms with Gasteiger partial charge in [0, 0.05) is 30.1 Å². The van der Waals surface area contributed by atoms with E-state index < -0.39 is 24.1 Å². The highest BCUT2D eigenvalue weighted by Gasteiger charge is 2.52. The Morgan fingerprint density at radius 2 is 1.64 bits per heavy atom. The van der Waals surface area contributed by atoms with Crippen molar-refractivity contribution in [3.8, 4) is 11.4 Å². The molecule has 114 valence electrons. The molecule has 5 nitrogen and oxygen atoms in total. The quantitative estimate of drug-likeness (QED) is 0.794. The van der Waals surface area contributed by atoms with E-state index in [2.05, 4.69) is 15.0 Å². The fourth-order valence-corrected chi connectivity index (χ4v) is 2.16. The molecule has 2 aromatic heterocycles. The van der Waals surface area contributed by atoms with Crippen LogP contribution in [0.1, 0.15) is 27.7 Å². The standard InChI is InChI=1S/C15H17BFN3O2/c1-14(2)15(3,4)22-16(21-14)10-8-20-12(7-11(10)17)13-9-18-5-6-19-13/h5-9H,1-4H3. The number of pyridine rings is 1. The molecule has 0 saturated carbocycles. The van der Waals surface area contributed by atoms with E-state index in [0.717, 1.165) is 0 Å². The summed E-state index contributed by atoms with van der Waals surface area (Å²) < 4.78 is 26.1. The number of hydrogen-bond donors (Lipinski definition) is 0. The maximum absolute atomic E-state index is 14.4. The molecule has 0 bridgehead atoms. The van der Waals surface area contributed by atoms with Gasteiger partial charge in [0.2, 0.25) is 0 Å². The van der Waals surface area contributed by atoms with Crippen LogP contribution in [0.15, 0.2) is 30.9 Å². The van der Waals surface area contributed by atoms with Gasteiger partial charge in [0.25, 0.3) is 0 Å². The highest BCUT2D eigenvalue weighted by Crippen LogP contribution is 2.36. The van der Waals surface area contributed by atoms with Gasteiger partial charge >= 0.3 is 7.12 Å². The molecule has 1 aliphatic rings. The van der Waals surface area contributed by atoms with Crippen LogP contribution in [-0.2, 0) is 9.31 Å². The van der Waals surface area contributed by atoms with Crippen LogP contribution in [0.2, 0.25) is 0 Å². The minimum atomic E-state index is -0.770. The van der Waals surface area contributed by atoms with Crippen LogP contribution in [0.5, 0.6) is 0 Å². The molecule has 0 unspecified atom stereocenters. The molecule has 0 atom stereocenters. The molecule has 1 saturated heterocycles. The van der Waals surface area contributed by atoms with Gasteiger partial charge in [-0.25, -0.2) is 4.39 Å². The van der Waals surface area contributed by atoms with Crippen LogP contribution in [0.4, 0.5) is 4.39 Å². The molecule has 7 heteroatoms. The predicted octanol–water partition coefficient (Wildman–Crippen LogP) is 1.98. The van der Waals surface area contributed by atoms with Crippen LogP contribution in [0.3, 0.4) is 0 Å². The third-order valence-electron chi connectivity index (χ3n) is 4.21. The van der Waals surface area contributed by atoms with E-state index in [1.165, 1.54) is 24.7 Å². The summed E-state index contributed by atoms with van der Waals surface area (Å²) in [6, 6.07) is 1.32. The SMILES string of the molecule is CC1(C)OB(c2cnc(-c3cnccn3)cc2F)OC1(C)C. The molecule has 3 heterocycles. The molecule has 2 aromatic rings. The van der Waals surface area contributed by atoms with E-state index in [1.807, 2.05) is 27.7 Å². The Morgan fingerprint density at radius 3 is 2.18 bits per heavy atom. The summed E-state index contributed by atoms with van der Waals surface area (Å²) in [7, 11) is -0.770. The number of aromatic nitrogens is 3. The number of nitrogens with zero attached hydrogens (tertiary/aromatic N) is 3. The van der Waals surface area contributed by atoms with Crippen molar-refractivity contribution in [3.63, 3.8) is 0 Å². The molecule has 0 aromatic carbocycles. The number of hydrogen-bond acceptors (Lipinski definition) is 5. The lowest BCUT2D eigenvalue weighted by atomic mass is 9.79. The van der Waals surface area contributed by atoms with Crippen molar-refractivity contribution in [2.24, 2.45) is 0 Å². The van der Waals surface area contributed by atoms with Gasteiger partial charge in [-0.1, -0.05) is 0 Å². The van der Waals surface area contributed by atoms with Gasteiger partial charge in [0.1, 0.15) is 11.5 Å². The fourth-order valence-electron chi connectivity index (χ4n) is 2.16. The molecular weight excluding hydrogens is 284 g/mol. The first-order valence-electron chi connectivity index (χ1n) is 7.08. The second-order valence-corrected chi connectivity index (χ2v) is 6.27. The molecule has 0 N–H and O–H groups in total. The van der Waals surface area contributed by atoms with E-state index in [1.54, 1.807) is 6.20 Å². The van der Waals surface area contributed by atoms with Gasteiger partial charge < -0.3 is 9.31 Å². The minimum Gasteiger partial charge on any atom is -0.399 e. The molecule has 0 spiro atoms. The highest BCUT2D eigenvalue weighted by atomic mass is 19.1. The van der Waals surface area contributed by atoms with Crippen LogP contribution in [-0.4, -0.2) is 33.3 Å². The zero-order chi connectivity index (χ0) is 16.0. The van der Waals surface area contributed by atoms with Crippen molar-refractivity contribution in [2.75, 3.05) is 0 Å². The maximum atomic E-state index is 14.4. The lowest BCUT2D eigenvalue weighted by molar-refractivity contribution is 0.00578. The van der Waals surface area contributed by atoms with Gasteiger partial charge in [-0.15, -0.1) is 0 Å². The molecule has 3 rings (SSSR count). The molecular formula is C15H17BFN3O2. The lowest BCUT2D eigenvalue weighted by Gasteiger charge is -2.32. The third-order valence-corrected chi connectivity index (χ3v) is 4.21. The van der Waals surface area contributed by atoms with Crippen molar-refractivity contribution in [1.82, 2.24) is 15.0 Å². The summed E-state index contributed by atoms with van der Waals surface area (Å²) in [5, 5.41) is 0. The van der Waals surface area contributed by atoms with Gasteiger partial charge in [-0.3, -0.25) is 15.0 Å². The van der Waals surface area contributed by atoms with Crippen LogP contribution < -0.4 is 5.46 Å². The minimum absolute atomic E-state index is 0.284. The fraction of sp³-hybridized carbons (Fsp3) is 0.400. The number of rotatable bonds is 2. The Bertz CT molecular complexity index is 678. The summed E-state index contributed by atoms with van der Waals surface area (Å²) in [4.78, 5) is 12.3. The molecule has 0 aliphatic carbocycles. The monoisotopic (exact) mass is 301 g/mol. The Kier molecular flexibility index (Phi) is 3.49. The molecule has 1 fully saturated rings. The zero-order valence-corrected chi connectivity index (χ0v) is 13.0. The van der Waals surface area contributed by atoms with Crippen LogP contribution in [0.25, 0.3) is 11.4 Å². The van der Waals surface area contributed by atoms with Crippen molar-refractivity contribution < 1.29 is 13.7 Å². The van der Waals surface area contributed by atoms with Gasteiger partial charge in [-0.05, 0) is 27.7 Å². The van der Waals surface area contributed by atoms with E-state index in [-0.39, 0.29) is 5.46 Å². The second kappa shape index (κ2) is 5.10. The first-order valence-corrected chi connectivity index (χ1v) is 7.08. The first-order chi connectivity index (χ1) is 10.3. The third kappa shape index (κ3) is 2.50. The van der Waals surface area contributed by atoms with Gasteiger partial charge in [-0.2, -0.15) is 0 Å². The van der Waals surface area contributed by atoms with E-state index >= 15 is 0 Å². The summed E-state index contributed by atoms with van der Waals surface area (Å²) in [6.45, 7) is 7.69. The topological polar surface area (TPSA) is 57.1 Å². The maximum Gasteiger partial charge on any atom is 0.499 e. The predicted molar refractivity (Wildman–Crippen MR) is 80.9 cm³/mol. The molecule has 0 radical (unpaired) electrons. The summed E-state index contributed by atoms with van der Waals surface area (Å²) in [5.74, 6) is -0.436. The zero-order valence-electron chi connectivity index (χ0n) is 13.0. The van der Waals surface area contributed by atoms with Crippen molar-refractivity contribution in [1.29, 1.82) is 0 Å². The number of halogens is 1. The normalized spacial score (nSPS) is 19.4. The van der Waals surface area contributed by atoms with Crippen molar-refractivity contribution >= 4 is 12.6 Å². The van der Waals surface area contributed by atoms with E-state index in [0.29, 0.717) is 11.4 Å². The Balaban J connectivity index is 1.91. The smallest absolute Gasteiger partial charge is 0.399 e. The second-order valence-electron chi connectivity index (χ2n) is 6.27. The largest absolute Gasteiger partial charge is 0.499 e. The van der Waals surface area contributed by atoms with Crippen LogP contribution in [0, 0.1) is 5.82 Å². The summed E-state index contributed by atoms with van der Waals surface area (Å²) in [6.07, 6.45) is 6.06. The Labute approximate surface area is 129 Å². The Hall–Kier alpha value is -1.86. The van der Waals surface area contributed by atoms with Crippen LogP contribution >= 0.6 is 0 Å². The van der Waals surface area contributed by atoms with Crippen molar-refractivity contribution in [3.05, 3.63) is 36.7 Å². The average Bonchev–Trinajstić information content (AvgIpc) is 2.68. The lowest BCUT2D eigenvalue weighted by Crippen LogP contribution is -2.41. The van der Waals surface area contributed by atoms with Gasteiger partial charge in [0.15, 0.2) is 0 Å². The van der Waals surface area contributed by atoms with E-state index in [9.17, 15) is 4.39 Å². The van der Waals surface area contributed by atoms with Crippen molar-refractivity contribution in [2.45, 2.75) is 38.9 Å². The average molecular weight is 301 g/mol. The molecule has 0 amide bonds.